The highest BCUT2D eigenvalue weighted by atomic mass is 14.5. The highest BCUT2D eigenvalue weighted by Gasteiger charge is 2.47. The first-order valence-electron chi connectivity index (χ1n) is 11.7. The third kappa shape index (κ3) is 5.63. The molecule has 0 nitrogen and oxygen atoms in total. The van der Waals surface area contributed by atoms with Crippen LogP contribution in [0.4, 0.5) is 0 Å². The van der Waals surface area contributed by atoms with Crippen LogP contribution < -0.4 is 0 Å². The molecule has 4 rings (SSSR count). The summed E-state index contributed by atoms with van der Waals surface area (Å²) >= 11 is 0. The van der Waals surface area contributed by atoms with Gasteiger partial charge >= 0.3 is 0 Å². The van der Waals surface area contributed by atoms with E-state index in [4.69, 9.17) is 0 Å². The number of rotatable bonds is 10. The maximum absolute atomic E-state index is 2.44. The third-order valence-electron chi connectivity index (χ3n) is 7.36. The minimum absolute atomic E-state index is 0.421. The quantitative estimate of drug-likeness (QED) is 0.353. The van der Waals surface area contributed by atoms with Crippen LogP contribution in [0.2, 0.25) is 0 Å². The van der Waals surface area contributed by atoms with Gasteiger partial charge in [-0.1, -0.05) is 111 Å². The first-order chi connectivity index (χ1) is 14.6. The third-order valence-corrected chi connectivity index (χ3v) is 7.36. The fourth-order valence-electron chi connectivity index (χ4n) is 4.75. The lowest BCUT2D eigenvalue weighted by Crippen LogP contribution is -1.93. The van der Waals surface area contributed by atoms with Crippen LogP contribution in [-0.4, -0.2) is 0 Å². The molecule has 30 heavy (non-hydrogen) atoms. The predicted octanol–water partition coefficient (Wildman–Crippen LogP) is 8.58. The molecule has 4 atom stereocenters. The summed E-state index contributed by atoms with van der Waals surface area (Å²) in [4.78, 5) is 0. The zero-order valence-electron chi connectivity index (χ0n) is 18.6. The molecule has 2 aromatic carbocycles. The number of benzene rings is 2. The van der Waals surface area contributed by atoms with Crippen molar-refractivity contribution in [2.45, 2.75) is 52.4 Å². The van der Waals surface area contributed by atoms with Crippen molar-refractivity contribution in [2.75, 3.05) is 0 Å². The second kappa shape index (κ2) is 9.21. The molecule has 0 heterocycles. The van der Waals surface area contributed by atoms with E-state index in [0.717, 1.165) is 11.8 Å². The standard InChI is InChI=1S/C30H36/c1-29(21-19-25-13-7-5-8-14-25)23-27(29)17-11-3-4-12-18-28-24-30(28,2)22-20-26-15-9-6-10-16-26/h3-10,13-16,19-22,27-28H,11-12,17-18,23-24H2,1-2H3/b4-3+,21-19+,22-20+. The zero-order chi connectivity index (χ0) is 20.9. The average Bonchev–Trinajstić information content (AvgIpc) is 3.64. The summed E-state index contributed by atoms with van der Waals surface area (Å²) in [5, 5.41) is 0. The van der Waals surface area contributed by atoms with E-state index in [1.165, 1.54) is 49.7 Å². The van der Waals surface area contributed by atoms with Crippen molar-refractivity contribution in [1.82, 2.24) is 0 Å². The van der Waals surface area contributed by atoms with Crippen molar-refractivity contribution in [3.63, 3.8) is 0 Å². The summed E-state index contributed by atoms with van der Waals surface area (Å²) < 4.78 is 0. The molecule has 0 spiro atoms. The van der Waals surface area contributed by atoms with Gasteiger partial charge in [0.1, 0.15) is 0 Å². The summed E-state index contributed by atoms with van der Waals surface area (Å²) in [5.41, 5.74) is 3.47. The smallest absolute Gasteiger partial charge is 0.0112 e. The Morgan fingerprint density at radius 1 is 0.667 bits per heavy atom. The monoisotopic (exact) mass is 396 g/mol. The lowest BCUT2D eigenvalue weighted by atomic mass is 10.0. The van der Waals surface area contributed by atoms with E-state index < -0.39 is 0 Å². The van der Waals surface area contributed by atoms with Gasteiger partial charge in [-0.3, -0.25) is 0 Å². The van der Waals surface area contributed by atoms with Crippen LogP contribution in [0, 0.1) is 22.7 Å². The largest absolute Gasteiger partial charge is 0.0885 e. The lowest BCUT2D eigenvalue weighted by Gasteiger charge is -2.05. The van der Waals surface area contributed by atoms with E-state index >= 15 is 0 Å². The molecule has 2 fully saturated rings. The van der Waals surface area contributed by atoms with Crippen molar-refractivity contribution in [2.24, 2.45) is 22.7 Å². The van der Waals surface area contributed by atoms with E-state index in [-0.39, 0.29) is 0 Å². The Morgan fingerprint density at radius 2 is 1.07 bits per heavy atom. The van der Waals surface area contributed by atoms with Gasteiger partial charge in [-0.15, -0.1) is 0 Å². The number of hydrogen-bond donors (Lipinski definition) is 0. The molecule has 0 bridgehead atoms. The molecule has 0 N–H and O–H groups in total. The first kappa shape index (κ1) is 20.9. The van der Waals surface area contributed by atoms with E-state index in [2.05, 4.69) is 111 Å². The normalized spacial score (nSPS) is 30.5. The average molecular weight is 397 g/mol. The summed E-state index contributed by atoms with van der Waals surface area (Å²) in [7, 11) is 0. The van der Waals surface area contributed by atoms with Crippen LogP contribution in [0.15, 0.2) is 85.0 Å². The Bertz CT molecular complexity index is 813. The molecule has 2 aliphatic carbocycles. The fourth-order valence-corrected chi connectivity index (χ4v) is 4.75. The SMILES string of the molecule is CC1(/C=C/c2ccccc2)CC1CC/C=C/CCC1CC1(C)/C=C/c1ccccc1. The number of allylic oxidation sites excluding steroid dienone is 4. The molecule has 0 aliphatic heterocycles. The van der Waals surface area contributed by atoms with E-state index in [0.29, 0.717) is 10.8 Å². The molecule has 0 amide bonds. The van der Waals surface area contributed by atoms with Crippen LogP contribution >= 0.6 is 0 Å². The van der Waals surface area contributed by atoms with Gasteiger partial charge in [0.05, 0.1) is 0 Å². The molecule has 2 saturated carbocycles. The minimum Gasteiger partial charge on any atom is -0.0885 e. The Kier molecular flexibility index (Phi) is 6.42. The van der Waals surface area contributed by atoms with Crippen LogP contribution in [0.5, 0.6) is 0 Å². The first-order valence-corrected chi connectivity index (χ1v) is 11.7. The van der Waals surface area contributed by atoms with Gasteiger partial charge in [-0.25, -0.2) is 0 Å². The van der Waals surface area contributed by atoms with E-state index in [1.54, 1.807) is 0 Å². The second-order valence-electron chi connectivity index (χ2n) is 9.93. The van der Waals surface area contributed by atoms with Gasteiger partial charge in [-0.2, -0.15) is 0 Å². The predicted molar refractivity (Wildman–Crippen MR) is 131 cm³/mol. The molecular formula is C30H36. The van der Waals surface area contributed by atoms with Crippen LogP contribution in [0.3, 0.4) is 0 Å². The Labute approximate surface area is 183 Å². The topological polar surface area (TPSA) is 0 Å². The van der Waals surface area contributed by atoms with E-state index in [1.807, 2.05) is 0 Å². The molecule has 4 unspecified atom stereocenters. The molecule has 0 radical (unpaired) electrons. The van der Waals surface area contributed by atoms with Gasteiger partial charge in [0.2, 0.25) is 0 Å². The highest BCUT2D eigenvalue weighted by molar-refractivity contribution is 5.51. The van der Waals surface area contributed by atoms with Crippen LogP contribution in [0.25, 0.3) is 12.2 Å². The van der Waals surface area contributed by atoms with E-state index in [9.17, 15) is 0 Å². The maximum atomic E-state index is 2.44. The Morgan fingerprint density at radius 3 is 1.47 bits per heavy atom. The molecule has 2 aliphatic rings. The van der Waals surface area contributed by atoms with Gasteiger partial charge in [-0.05, 0) is 72.3 Å². The number of hydrogen-bond acceptors (Lipinski definition) is 0. The Balaban J connectivity index is 1.11. The van der Waals surface area contributed by atoms with Gasteiger partial charge < -0.3 is 0 Å². The summed E-state index contributed by atoms with van der Waals surface area (Å²) in [6, 6.07) is 21.3. The molecule has 2 aromatic rings. The second-order valence-corrected chi connectivity index (χ2v) is 9.93. The molecule has 0 aromatic heterocycles. The van der Waals surface area contributed by atoms with Crippen molar-refractivity contribution in [3.05, 3.63) is 96.1 Å². The van der Waals surface area contributed by atoms with Gasteiger partial charge in [0.15, 0.2) is 0 Å². The minimum atomic E-state index is 0.421. The van der Waals surface area contributed by atoms with Gasteiger partial charge in [0.25, 0.3) is 0 Å². The maximum Gasteiger partial charge on any atom is -0.0112 e. The van der Waals surface area contributed by atoms with Gasteiger partial charge in [0, 0.05) is 0 Å². The molecule has 156 valence electrons. The summed E-state index contributed by atoms with van der Waals surface area (Å²) in [6.07, 6.45) is 22.1. The molecule has 0 heteroatoms. The van der Waals surface area contributed by atoms with Crippen molar-refractivity contribution in [1.29, 1.82) is 0 Å². The summed E-state index contributed by atoms with van der Waals surface area (Å²) in [6.45, 7) is 4.83. The highest BCUT2D eigenvalue weighted by Crippen LogP contribution is 2.57. The van der Waals surface area contributed by atoms with Crippen molar-refractivity contribution in [3.8, 4) is 0 Å². The summed E-state index contributed by atoms with van der Waals surface area (Å²) in [5.74, 6) is 1.72. The van der Waals surface area contributed by atoms with Crippen molar-refractivity contribution < 1.29 is 0 Å². The lowest BCUT2D eigenvalue weighted by molar-refractivity contribution is 0.587. The zero-order valence-corrected chi connectivity index (χ0v) is 18.6. The van der Waals surface area contributed by atoms with Crippen LogP contribution in [-0.2, 0) is 0 Å². The molecular weight excluding hydrogens is 360 g/mol. The van der Waals surface area contributed by atoms with Crippen LogP contribution in [0.1, 0.15) is 63.5 Å². The fraction of sp³-hybridized carbons (Fsp3) is 0.400. The molecule has 0 saturated heterocycles. The van der Waals surface area contributed by atoms with Crippen molar-refractivity contribution >= 4 is 12.2 Å². The Hall–Kier alpha value is -2.34.